The maximum atomic E-state index is 12.1. The fourth-order valence-corrected chi connectivity index (χ4v) is 4.85. The van der Waals surface area contributed by atoms with Gasteiger partial charge in [0.15, 0.2) is 0 Å². The van der Waals surface area contributed by atoms with Crippen molar-refractivity contribution in [2.45, 2.75) is 83.9 Å². The third kappa shape index (κ3) is 6.79. The van der Waals surface area contributed by atoms with E-state index in [1.165, 1.54) is 7.11 Å². The van der Waals surface area contributed by atoms with Gasteiger partial charge in [-0.15, -0.1) is 0 Å². The van der Waals surface area contributed by atoms with Gasteiger partial charge < -0.3 is 20.1 Å². The van der Waals surface area contributed by atoms with E-state index in [-0.39, 0.29) is 30.6 Å². The van der Waals surface area contributed by atoms with E-state index in [0.29, 0.717) is 11.6 Å². The van der Waals surface area contributed by atoms with Crippen molar-refractivity contribution in [1.82, 2.24) is 25.1 Å². The van der Waals surface area contributed by atoms with Crippen molar-refractivity contribution in [1.29, 1.82) is 0 Å². The van der Waals surface area contributed by atoms with Crippen molar-refractivity contribution >= 4 is 28.9 Å². The lowest BCUT2D eigenvalue weighted by atomic mass is 9.91. The SMILES string of the molecule is CCc1cc(-c2cc(CC(=O)OC)nn2C)cc2cnc(NC3CCC(NC(=O)OC(C)(C)C)CC3)nc12. The molecule has 0 aliphatic heterocycles. The van der Waals surface area contributed by atoms with Crippen LogP contribution in [-0.4, -0.2) is 56.6 Å². The van der Waals surface area contributed by atoms with E-state index in [0.717, 1.165) is 59.8 Å². The lowest BCUT2D eigenvalue weighted by Crippen LogP contribution is -2.42. The van der Waals surface area contributed by atoms with E-state index < -0.39 is 5.60 Å². The minimum atomic E-state index is -0.500. The number of carbonyl (C=O) groups is 2. The molecule has 0 saturated heterocycles. The highest BCUT2D eigenvalue weighted by Crippen LogP contribution is 2.29. The summed E-state index contributed by atoms with van der Waals surface area (Å²) in [7, 11) is 3.24. The predicted molar refractivity (Wildman–Crippen MR) is 146 cm³/mol. The number of nitrogens with one attached hydrogen (secondary N) is 2. The van der Waals surface area contributed by atoms with Crippen LogP contribution in [0.25, 0.3) is 22.2 Å². The van der Waals surface area contributed by atoms with E-state index in [2.05, 4.69) is 39.8 Å². The Balaban J connectivity index is 1.44. The van der Waals surface area contributed by atoms with Crippen LogP contribution >= 0.6 is 0 Å². The van der Waals surface area contributed by atoms with Crippen molar-refractivity contribution in [3.63, 3.8) is 0 Å². The Morgan fingerprint density at radius 1 is 1.11 bits per heavy atom. The van der Waals surface area contributed by atoms with Gasteiger partial charge in [0.2, 0.25) is 5.95 Å². The van der Waals surface area contributed by atoms with E-state index in [4.69, 9.17) is 14.5 Å². The zero-order chi connectivity index (χ0) is 27.4. The molecule has 2 heterocycles. The van der Waals surface area contributed by atoms with Gasteiger partial charge in [-0.1, -0.05) is 6.92 Å². The van der Waals surface area contributed by atoms with Gasteiger partial charge >= 0.3 is 12.1 Å². The maximum absolute atomic E-state index is 12.1. The topological polar surface area (TPSA) is 120 Å². The van der Waals surface area contributed by atoms with Crippen LogP contribution in [-0.2, 0) is 34.2 Å². The number of hydrogen-bond donors (Lipinski definition) is 2. The van der Waals surface area contributed by atoms with Crippen molar-refractivity contribution in [3.05, 3.63) is 35.7 Å². The molecule has 0 radical (unpaired) electrons. The van der Waals surface area contributed by atoms with E-state index >= 15 is 0 Å². The first-order chi connectivity index (χ1) is 18.0. The zero-order valence-corrected chi connectivity index (χ0v) is 23.1. The number of hydrogen-bond acceptors (Lipinski definition) is 8. The first-order valence-electron chi connectivity index (χ1n) is 13.2. The average Bonchev–Trinajstić information content (AvgIpc) is 3.23. The summed E-state index contributed by atoms with van der Waals surface area (Å²) in [4.78, 5) is 33.2. The summed E-state index contributed by atoms with van der Waals surface area (Å²) >= 11 is 0. The van der Waals surface area contributed by atoms with Crippen LogP contribution < -0.4 is 10.6 Å². The lowest BCUT2D eigenvalue weighted by molar-refractivity contribution is -0.139. The zero-order valence-electron chi connectivity index (χ0n) is 23.1. The maximum Gasteiger partial charge on any atom is 0.407 e. The molecule has 2 N–H and O–H groups in total. The lowest BCUT2D eigenvalue weighted by Gasteiger charge is -2.30. The second-order valence-electron chi connectivity index (χ2n) is 10.9. The van der Waals surface area contributed by atoms with Crippen LogP contribution in [0.15, 0.2) is 24.4 Å². The van der Waals surface area contributed by atoms with Crippen LogP contribution in [0.4, 0.5) is 10.7 Å². The molecule has 10 heteroatoms. The number of ether oxygens (including phenoxy) is 2. The normalized spacial score (nSPS) is 17.7. The van der Waals surface area contributed by atoms with E-state index in [1.54, 1.807) is 4.68 Å². The van der Waals surface area contributed by atoms with Crippen LogP contribution in [0.2, 0.25) is 0 Å². The number of carbonyl (C=O) groups excluding carboxylic acids is 2. The second kappa shape index (κ2) is 11.4. The molecule has 0 unspecified atom stereocenters. The number of fused-ring (bicyclic) bond motifs is 1. The van der Waals surface area contributed by atoms with Gasteiger partial charge in [0.25, 0.3) is 0 Å². The molecule has 2 aromatic heterocycles. The number of aromatic nitrogens is 4. The molecule has 1 aromatic carbocycles. The van der Waals surface area contributed by atoms with Gasteiger partial charge in [0.05, 0.1) is 30.4 Å². The Labute approximate surface area is 223 Å². The summed E-state index contributed by atoms with van der Waals surface area (Å²) in [5.74, 6) is 0.299. The van der Waals surface area contributed by atoms with Gasteiger partial charge in [-0.2, -0.15) is 5.10 Å². The Kier molecular flexibility index (Phi) is 8.18. The van der Waals surface area contributed by atoms with Gasteiger partial charge in [-0.05, 0) is 76.6 Å². The summed E-state index contributed by atoms with van der Waals surface area (Å²) in [6.45, 7) is 7.71. The third-order valence-corrected chi connectivity index (χ3v) is 6.70. The molecule has 38 heavy (non-hydrogen) atoms. The molecule has 1 amide bonds. The Morgan fingerprint density at radius 2 is 1.82 bits per heavy atom. The van der Waals surface area contributed by atoms with Crippen LogP contribution in [0.5, 0.6) is 0 Å². The minimum Gasteiger partial charge on any atom is -0.469 e. The van der Waals surface area contributed by atoms with Crippen molar-refractivity contribution in [3.8, 4) is 11.3 Å². The molecule has 1 saturated carbocycles. The number of rotatable bonds is 7. The largest absolute Gasteiger partial charge is 0.469 e. The Bertz CT molecular complexity index is 1300. The fourth-order valence-electron chi connectivity index (χ4n) is 4.85. The second-order valence-corrected chi connectivity index (χ2v) is 10.9. The predicted octanol–water partition coefficient (Wildman–Crippen LogP) is 4.56. The van der Waals surface area contributed by atoms with Gasteiger partial charge in [0, 0.05) is 36.3 Å². The number of alkyl carbamates (subject to hydrolysis) is 1. The summed E-state index contributed by atoms with van der Waals surface area (Å²) in [6.07, 6.45) is 6.02. The number of methoxy groups -OCH3 is 1. The molecular formula is C28H38N6O4. The quantitative estimate of drug-likeness (QED) is 0.434. The first kappa shape index (κ1) is 27.3. The molecule has 0 atom stereocenters. The van der Waals surface area contributed by atoms with Crippen LogP contribution in [0, 0.1) is 0 Å². The molecule has 1 aliphatic rings. The van der Waals surface area contributed by atoms with Crippen molar-refractivity contribution in [2.24, 2.45) is 7.05 Å². The molecule has 0 bridgehead atoms. The fraction of sp³-hybridized carbons (Fsp3) is 0.536. The molecule has 3 aromatic rings. The highest BCUT2D eigenvalue weighted by Gasteiger charge is 2.25. The molecule has 10 nitrogen and oxygen atoms in total. The number of anilines is 1. The van der Waals surface area contributed by atoms with Crippen LogP contribution in [0.1, 0.15) is 64.6 Å². The highest BCUT2D eigenvalue weighted by molar-refractivity contribution is 5.87. The minimum absolute atomic E-state index is 0.116. The highest BCUT2D eigenvalue weighted by atomic mass is 16.6. The monoisotopic (exact) mass is 522 g/mol. The summed E-state index contributed by atoms with van der Waals surface area (Å²) < 4.78 is 11.9. The van der Waals surface area contributed by atoms with Crippen molar-refractivity contribution in [2.75, 3.05) is 12.4 Å². The summed E-state index contributed by atoms with van der Waals surface area (Å²) in [5, 5.41) is 11.9. The molecule has 4 rings (SSSR count). The van der Waals surface area contributed by atoms with Gasteiger partial charge in [-0.3, -0.25) is 9.48 Å². The summed E-state index contributed by atoms with van der Waals surface area (Å²) in [5.41, 5.74) is 4.12. The van der Waals surface area contributed by atoms with E-state index in [1.807, 2.05) is 40.1 Å². The molecule has 1 aliphatic carbocycles. The Morgan fingerprint density at radius 3 is 2.47 bits per heavy atom. The summed E-state index contributed by atoms with van der Waals surface area (Å²) in [6, 6.07) is 6.47. The van der Waals surface area contributed by atoms with Crippen LogP contribution in [0.3, 0.4) is 0 Å². The molecular weight excluding hydrogens is 484 g/mol. The number of esters is 1. The van der Waals surface area contributed by atoms with Crippen molar-refractivity contribution < 1.29 is 19.1 Å². The van der Waals surface area contributed by atoms with Gasteiger partial charge in [0.1, 0.15) is 5.60 Å². The third-order valence-electron chi connectivity index (χ3n) is 6.70. The number of amides is 1. The average molecular weight is 523 g/mol. The van der Waals surface area contributed by atoms with Gasteiger partial charge in [-0.25, -0.2) is 14.8 Å². The number of nitrogens with zero attached hydrogens (tertiary/aromatic N) is 4. The number of aryl methyl sites for hydroxylation is 2. The molecule has 204 valence electrons. The standard InChI is InChI=1S/C28H38N6O4/c1-7-17-12-18(23-14-22(33-34(23)5)15-24(35)37-6)13-19-16-29-26(32-25(17)19)30-20-8-10-21(11-9-20)31-27(36)38-28(2,3)4/h12-14,16,20-21H,7-11,15H2,1-6H3,(H,31,36)(H,29,30,32). The molecule has 1 fully saturated rings. The first-order valence-corrected chi connectivity index (χ1v) is 13.2. The van der Waals surface area contributed by atoms with E-state index in [9.17, 15) is 9.59 Å². The number of benzene rings is 1. The Hall–Kier alpha value is -3.69. The molecule has 0 spiro atoms. The smallest absolute Gasteiger partial charge is 0.407 e.